The smallest absolute Gasteiger partial charge is 0.213 e. The minimum atomic E-state index is -3.46. The number of hydrogen-bond donors (Lipinski definition) is 3. The summed E-state index contributed by atoms with van der Waals surface area (Å²) in [6.07, 6.45) is 2.89. The third-order valence-electron chi connectivity index (χ3n) is 3.03. The second kappa shape index (κ2) is 5.05. The van der Waals surface area contributed by atoms with E-state index in [0.717, 1.165) is 12.8 Å². The van der Waals surface area contributed by atoms with Gasteiger partial charge in [0.25, 0.3) is 0 Å². The van der Waals surface area contributed by atoms with Crippen LogP contribution in [0, 0.1) is 5.41 Å². The van der Waals surface area contributed by atoms with Gasteiger partial charge in [0.05, 0.1) is 11.3 Å². The molecule has 0 heterocycles. The monoisotopic (exact) mass is 277 g/mol. The second-order valence-electron chi connectivity index (χ2n) is 6.20. The number of oxime groups is 1. The number of nitrogens with zero attached hydrogens (tertiary/aromatic N) is 1. The van der Waals surface area contributed by atoms with Gasteiger partial charge in [-0.3, -0.25) is 0 Å². The Labute approximate surface area is 109 Å². The lowest BCUT2D eigenvalue weighted by atomic mass is 9.98. The number of hydrogen-bond acceptors (Lipinski definition) is 4. The number of nitrogens with two attached hydrogens (primary N) is 1. The molecule has 0 spiro atoms. The van der Waals surface area contributed by atoms with E-state index in [1.54, 1.807) is 0 Å². The van der Waals surface area contributed by atoms with Crippen LogP contribution >= 0.6 is 0 Å². The number of rotatable bonds is 4. The highest BCUT2D eigenvalue weighted by atomic mass is 32.2. The largest absolute Gasteiger partial charge is 0.409 e. The van der Waals surface area contributed by atoms with Gasteiger partial charge in [-0.25, -0.2) is 13.1 Å². The van der Waals surface area contributed by atoms with Gasteiger partial charge >= 0.3 is 0 Å². The predicted molar refractivity (Wildman–Crippen MR) is 71.0 cm³/mol. The van der Waals surface area contributed by atoms with Gasteiger partial charge < -0.3 is 10.9 Å². The highest BCUT2D eigenvalue weighted by Crippen LogP contribution is 2.31. The summed E-state index contributed by atoms with van der Waals surface area (Å²) in [5.74, 6) is -0.0297. The van der Waals surface area contributed by atoms with Crippen LogP contribution < -0.4 is 10.5 Å². The minimum absolute atomic E-state index is 0.0143. The summed E-state index contributed by atoms with van der Waals surface area (Å²) in [6, 6.07) is 0. The Morgan fingerprint density at radius 3 is 2.28 bits per heavy atom. The molecule has 1 saturated carbocycles. The Kier molecular flexibility index (Phi) is 4.27. The molecule has 1 aliphatic rings. The van der Waals surface area contributed by atoms with Crippen LogP contribution in [0.4, 0.5) is 0 Å². The van der Waals surface area contributed by atoms with E-state index in [-0.39, 0.29) is 17.0 Å². The third kappa shape index (κ3) is 3.84. The SMILES string of the molecule is CC(C)(C)CS(=O)(=O)NC1(C(N)=NO)CCCC1. The van der Waals surface area contributed by atoms with Gasteiger partial charge in [0.15, 0.2) is 5.84 Å². The van der Waals surface area contributed by atoms with Crippen LogP contribution in [-0.4, -0.2) is 30.8 Å². The van der Waals surface area contributed by atoms with Crippen LogP contribution in [0.25, 0.3) is 0 Å². The molecule has 0 aliphatic heterocycles. The summed E-state index contributed by atoms with van der Waals surface area (Å²) >= 11 is 0. The topological polar surface area (TPSA) is 105 Å². The third-order valence-corrected chi connectivity index (χ3v) is 4.98. The van der Waals surface area contributed by atoms with Gasteiger partial charge in [0.1, 0.15) is 0 Å². The first-order chi connectivity index (χ1) is 8.10. The predicted octanol–water partition coefficient (Wildman–Crippen LogP) is 1.01. The number of amidine groups is 1. The lowest BCUT2D eigenvalue weighted by molar-refractivity contribution is 0.309. The first-order valence-corrected chi connectivity index (χ1v) is 7.75. The first-order valence-electron chi connectivity index (χ1n) is 6.10. The van der Waals surface area contributed by atoms with Gasteiger partial charge in [-0.15, -0.1) is 0 Å². The zero-order valence-electron chi connectivity index (χ0n) is 11.2. The molecule has 0 aromatic carbocycles. The molecule has 7 heteroatoms. The molecule has 106 valence electrons. The highest BCUT2D eigenvalue weighted by Gasteiger charge is 2.42. The van der Waals surface area contributed by atoms with Crippen molar-refractivity contribution in [3.05, 3.63) is 0 Å². The van der Waals surface area contributed by atoms with Crippen LogP contribution in [0.3, 0.4) is 0 Å². The molecule has 0 bridgehead atoms. The molecular formula is C11H23N3O3S. The molecule has 1 aliphatic carbocycles. The Hall–Kier alpha value is -0.820. The average molecular weight is 277 g/mol. The molecule has 0 radical (unpaired) electrons. The van der Waals surface area contributed by atoms with Gasteiger partial charge in [0.2, 0.25) is 10.0 Å². The molecular weight excluding hydrogens is 254 g/mol. The molecule has 0 saturated heterocycles. The van der Waals surface area contributed by atoms with Crippen molar-refractivity contribution in [1.82, 2.24) is 4.72 Å². The van der Waals surface area contributed by atoms with Crippen LogP contribution in [0.2, 0.25) is 0 Å². The first kappa shape index (κ1) is 15.2. The van der Waals surface area contributed by atoms with Crippen molar-refractivity contribution in [1.29, 1.82) is 0 Å². The maximum absolute atomic E-state index is 12.1. The highest BCUT2D eigenvalue weighted by molar-refractivity contribution is 7.89. The molecule has 1 fully saturated rings. The standard InChI is InChI=1S/C11H23N3O3S/c1-10(2,3)8-18(16,17)14-11(9(12)13-15)6-4-5-7-11/h14-15H,4-8H2,1-3H3,(H2,12,13). The molecule has 18 heavy (non-hydrogen) atoms. The van der Waals surface area contributed by atoms with Crippen molar-refractivity contribution in [2.45, 2.75) is 52.0 Å². The molecule has 1 rings (SSSR count). The molecule has 4 N–H and O–H groups in total. The van der Waals surface area contributed by atoms with E-state index in [4.69, 9.17) is 10.9 Å². The van der Waals surface area contributed by atoms with Gasteiger partial charge in [-0.05, 0) is 18.3 Å². The van der Waals surface area contributed by atoms with E-state index >= 15 is 0 Å². The van der Waals surface area contributed by atoms with Gasteiger partial charge in [0, 0.05) is 0 Å². The summed E-state index contributed by atoms with van der Waals surface area (Å²) in [6.45, 7) is 5.57. The van der Waals surface area contributed by atoms with Crippen molar-refractivity contribution < 1.29 is 13.6 Å². The van der Waals surface area contributed by atoms with Crippen LogP contribution in [-0.2, 0) is 10.0 Å². The molecule has 6 nitrogen and oxygen atoms in total. The lowest BCUT2D eigenvalue weighted by Crippen LogP contribution is -2.56. The Morgan fingerprint density at radius 1 is 1.39 bits per heavy atom. The summed E-state index contributed by atoms with van der Waals surface area (Å²) in [7, 11) is -3.46. The Bertz CT molecular complexity index is 417. The average Bonchev–Trinajstić information content (AvgIpc) is 2.61. The van der Waals surface area contributed by atoms with Crippen molar-refractivity contribution >= 4 is 15.9 Å². The zero-order valence-corrected chi connectivity index (χ0v) is 12.0. The summed E-state index contributed by atoms with van der Waals surface area (Å²) in [4.78, 5) is 0. The zero-order chi connectivity index (χ0) is 14.0. The number of sulfonamides is 1. The molecule has 0 unspecified atom stereocenters. The van der Waals surface area contributed by atoms with E-state index in [1.807, 2.05) is 20.8 Å². The van der Waals surface area contributed by atoms with Crippen molar-refractivity contribution in [3.63, 3.8) is 0 Å². The molecule has 0 amide bonds. The molecule has 0 atom stereocenters. The fourth-order valence-electron chi connectivity index (χ4n) is 2.39. The van der Waals surface area contributed by atoms with E-state index in [1.165, 1.54) is 0 Å². The van der Waals surface area contributed by atoms with E-state index in [9.17, 15) is 8.42 Å². The fourth-order valence-corrected chi connectivity index (χ4v) is 4.50. The Balaban J connectivity index is 2.92. The number of nitrogens with one attached hydrogen (secondary N) is 1. The van der Waals surface area contributed by atoms with Crippen molar-refractivity contribution in [2.75, 3.05) is 5.75 Å². The minimum Gasteiger partial charge on any atom is -0.409 e. The Morgan fingerprint density at radius 2 is 1.89 bits per heavy atom. The summed E-state index contributed by atoms with van der Waals surface area (Å²) < 4.78 is 26.9. The second-order valence-corrected chi connectivity index (χ2v) is 7.92. The van der Waals surface area contributed by atoms with Crippen LogP contribution in [0.15, 0.2) is 5.16 Å². The maximum Gasteiger partial charge on any atom is 0.213 e. The normalized spacial score (nSPS) is 21.2. The summed E-state index contributed by atoms with van der Waals surface area (Å²) in [5.41, 5.74) is 4.42. The van der Waals surface area contributed by atoms with Gasteiger partial charge in [-0.2, -0.15) is 0 Å². The van der Waals surface area contributed by atoms with E-state index in [0.29, 0.717) is 12.8 Å². The van der Waals surface area contributed by atoms with Crippen LogP contribution in [0.1, 0.15) is 46.5 Å². The molecule has 0 aromatic rings. The van der Waals surface area contributed by atoms with E-state index in [2.05, 4.69) is 9.88 Å². The quantitative estimate of drug-likeness (QED) is 0.309. The van der Waals surface area contributed by atoms with E-state index < -0.39 is 15.6 Å². The van der Waals surface area contributed by atoms with Crippen LogP contribution in [0.5, 0.6) is 0 Å². The van der Waals surface area contributed by atoms with Crippen molar-refractivity contribution in [3.8, 4) is 0 Å². The van der Waals surface area contributed by atoms with Crippen molar-refractivity contribution in [2.24, 2.45) is 16.3 Å². The molecule has 0 aromatic heterocycles. The van der Waals surface area contributed by atoms with Gasteiger partial charge in [-0.1, -0.05) is 38.8 Å². The fraction of sp³-hybridized carbons (Fsp3) is 0.909. The summed E-state index contributed by atoms with van der Waals surface area (Å²) in [5, 5.41) is 11.8. The lowest BCUT2D eigenvalue weighted by Gasteiger charge is -2.30. The maximum atomic E-state index is 12.1.